The Balaban J connectivity index is 0.000000151. The Morgan fingerprint density at radius 1 is 0.654 bits per heavy atom. The number of halogens is 6. The standard InChI is InChI=1S/2C6H2Cl3N3O/c7-2-1-3-6(5(9)4(2)8)10-11-12(3)13;7-2-1-3(8)5-6(4(2)9)12(13)11-10-5/h2*1,13H. The molecule has 0 atom stereocenters. The van der Waals surface area contributed by atoms with Crippen molar-refractivity contribution >= 4 is 91.7 Å². The highest BCUT2D eigenvalue weighted by molar-refractivity contribution is 6.50. The van der Waals surface area contributed by atoms with Crippen LogP contribution in [0.25, 0.3) is 22.1 Å². The number of benzene rings is 2. The van der Waals surface area contributed by atoms with Gasteiger partial charge >= 0.3 is 0 Å². The van der Waals surface area contributed by atoms with E-state index in [-0.39, 0.29) is 30.6 Å². The maximum Gasteiger partial charge on any atom is 0.152 e. The second-order valence-electron chi connectivity index (χ2n) is 4.66. The lowest BCUT2D eigenvalue weighted by molar-refractivity contribution is 0.154. The summed E-state index contributed by atoms with van der Waals surface area (Å²) in [4.78, 5) is 1.12. The molecule has 0 spiro atoms. The highest BCUT2D eigenvalue weighted by atomic mass is 35.5. The fourth-order valence-electron chi connectivity index (χ4n) is 1.94. The molecule has 0 amide bonds. The minimum Gasteiger partial charge on any atom is -0.410 e. The molecule has 4 rings (SSSR count). The topological polar surface area (TPSA) is 102 Å². The van der Waals surface area contributed by atoms with Crippen molar-refractivity contribution in [3.63, 3.8) is 0 Å². The van der Waals surface area contributed by atoms with E-state index in [0.29, 0.717) is 31.3 Å². The molecule has 8 nitrogen and oxygen atoms in total. The van der Waals surface area contributed by atoms with Crippen LogP contribution in [0.2, 0.25) is 30.1 Å². The molecule has 2 N–H and O–H groups in total. The van der Waals surface area contributed by atoms with Crippen molar-refractivity contribution < 1.29 is 10.4 Å². The van der Waals surface area contributed by atoms with E-state index in [0.717, 1.165) is 0 Å². The monoisotopic (exact) mass is 474 g/mol. The summed E-state index contributed by atoms with van der Waals surface area (Å²) >= 11 is 34.6. The average Bonchev–Trinajstić information content (AvgIpc) is 3.15. The first kappa shape index (κ1) is 19.3. The van der Waals surface area contributed by atoms with Gasteiger partial charge in [0.15, 0.2) is 5.52 Å². The molecule has 0 aliphatic carbocycles. The SMILES string of the molecule is On1nnc2c(Cl)c(Cl)c(Cl)cc21.On1nnc2c(Cl)cc(Cl)c(Cl)c21. The highest BCUT2D eigenvalue weighted by Crippen LogP contribution is 2.35. The Morgan fingerprint density at radius 2 is 1.23 bits per heavy atom. The quantitative estimate of drug-likeness (QED) is 0.204. The van der Waals surface area contributed by atoms with Crippen LogP contribution in [-0.4, -0.2) is 40.7 Å². The van der Waals surface area contributed by atoms with Gasteiger partial charge in [-0.1, -0.05) is 79.3 Å². The van der Waals surface area contributed by atoms with E-state index in [1.54, 1.807) is 0 Å². The number of hydrogen-bond acceptors (Lipinski definition) is 6. The molecule has 0 unspecified atom stereocenters. The van der Waals surface area contributed by atoms with Crippen LogP contribution in [0.3, 0.4) is 0 Å². The van der Waals surface area contributed by atoms with Crippen LogP contribution in [0.15, 0.2) is 12.1 Å². The van der Waals surface area contributed by atoms with E-state index in [2.05, 4.69) is 20.6 Å². The van der Waals surface area contributed by atoms with Gasteiger partial charge in [-0.15, -0.1) is 10.2 Å². The van der Waals surface area contributed by atoms with Crippen LogP contribution < -0.4 is 0 Å². The third-order valence-corrected chi connectivity index (χ3v) is 5.43. The summed E-state index contributed by atoms with van der Waals surface area (Å²) in [7, 11) is 0. The van der Waals surface area contributed by atoms with Gasteiger partial charge in [0.05, 0.1) is 30.1 Å². The summed E-state index contributed by atoms with van der Waals surface area (Å²) in [5.74, 6) is 0. The number of hydrogen-bond donors (Lipinski definition) is 2. The first-order valence-electron chi connectivity index (χ1n) is 6.38. The van der Waals surface area contributed by atoms with E-state index >= 15 is 0 Å². The van der Waals surface area contributed by atoms with Gasteiger partial charge in [-0.3, -0.25) is 0 Å². The van der Waals surface area contributed by atoms with Crippen LogP contribution in [0.5, 0.6) is 0 Å². The normalized spacial score (nSPS) is 11.0. The van der Waals surface area contributed by atoms with Crippen molar-refractivity contribution in [2.45, 2.75) is 0 Å². The van der Waals surface area contributed by atoms with Crippen LogP contribution in [0, 0.1) is 0 Å². The maximum absolute atomic E-state index is 9.18. The van der Waals surface area contributed by atoms with Gasteiger partial charge in [-0.25, -0.2) is 0 Å². The minimum atomic E-state index is 0.175. The molecule has 4 aromatic rings. The molecule has 0 saturated carbocycles. The molecule has 0 saturated heterocycles. The second kappa shape index (κ2) is 7.30. The number of rotatable bonds is 0. The zero-order chi connectivity index (χ0) is 19.2. The summed E-state index contributed by atoms with van der Waals surface area (Å²) in [6, 6.07) is 2.88. The van der Waals surface area contributed by atoms with Crippen molar-refractivity contribution in [1.29, 1.82) is 0 Å². The fraction of sp³-hybridized carbons (Fsp3) is 0. The summed E-state index contributed by atoms with van der Waals surface area (Å²) in [6.45, 7) is 0. The molecular formula is C12H4Cl6N6O2. The predicted molar refractivity (Wildman–Crippen MR) is 99.5 cm³/mol. The van der Waals surface area contributed by atoms with Crippen LogP contribution in [0.1, 0.15) is 0 Å². The summed E-state index contributed by atoms with van der Waals surface area (Å²) in [6.07, 6.45) is 0. The van der Waals surface area contributed by atoms with Gasteiger partial charge < -0.3 is 10.4 Å². The summed E-state index contributed by atoms with van der Waals surface area (Å²) in [5, 5.41) is 33.6. The Kier molecular flexibility index (Phi) is 5.43. The van der Waals surface area contributed by atoms with Gasteiger partial charge in [0, 0.05) is 0 Å². The van der Waals surface area contributed by atoms with Gasteiger partial charge in [0.2, 0.25) is 0 Å². The lowest BCUT2D eigenvalue weighted by Gasteiger charge is -1.98. The predicted octanol–water partition coefficient (Wildman–Crippen LogP) is 5.26. The third kappa shape index (κ3) is 3.28. The molecule has 2 heterocycles. The lowest BCUT2D eigenvalue weighted by atomic mass is 10.3. The molecule has 136 valence electrons. The molecule has 0 radical (unpaired) electrons. The van der Waals surface area contributed by atoms with E-state index in [1.165, 1.54) is 12.1 Å². The Labute approximate surface area is 174 Å². The minimum absolute atomic E-state index is 0.175. The Hall–Kier alpha value is -1.42. The van der Waals surface area contributed by atoms with Gasteiger partial charge in [0.1, 0.15) is 16.6 Å². The molecule has 2 aromatic carbocycles. The van der Waals surface area contributed by atoms with Crippen LogP contribution in [-0.2, 0) is 0 Å². The van der Waals surface area contributed by atoms with Gasteiger partial charge in [-0.2, -0.15) is 0 Å². The van der Waals surface area contributed by atoms with Gasteiger partial charge in [0.25, 0.3) is 0 Å². The van der Waals surface area contributed by atoms with Gasteiger partial charge in [-0.05, 0) is 22.6 Å². The first-order chi connectivity index (χ1) is 12.2. The molecule has 2 aromatic heterocycles. The zero-order valence-corrected chi connectivity index (χ0v) is 16.5. The van der Waals surface area contributed by atoms with E-state index in [4.69, 9.17) is 74.8 Å². The third-order valence-electron chi connectivity index (χ3n) is 3.11. The molecule has 26 heavy (non-hydrogen) atoms. The summed E-state index contributed by atoms with van der Waals surface area (Å²) in [5.41, 5.74) is 1.16. The van der Waals surface area contributed by atoms with Crippen molar-refractivity contribution in [2.75, 3.05) is 0 Å². The smallest absolute Gasteiger partial charge is 0.152 e. The Bertz CT molecular complexity index is 1140. The lowest BCUT2D eigenvalue weighted by Crippen LogP contribution is -1.92. The molecule has 0 aliphatic rings. The van der Waals surface area contributed by atoms with Crippen molar-refractivity contribution in [3.05, 3.63) is 42.3 Å². The highest BCUT2D eigenvalue weighted by Gasteiger charge is 2.15. The van der Waals surface area contributed by atoms with Crippen molar-refractivity contribution in [3.8, 4) is 0 Å². The molecule has 0 aliphatic heterocycles. The molecule has 0 fully saturated rings. The van der Waals surface area contributed by atoms with Crippen LogP contribution >= 0.6 is 69.6 Å². The first-order valence-corrected chi connectivity index (χ1v) is 8.65. The molecular weight excluding hydrogens is 473 g/mol. The number of fused-ring (bicyclic) bond motifs is 2. The summed E-state index contributed by atoms with van der Waals surface area (Å²) < 4.78 is 0. The second-order valence-corrected chi connectivity index (χ2v) is 7.02. The van der Waals surface area contributed by atoms with Crippen LogP contribution in [0.4, 0.5) is 0 Å². The number of aromatic nitrogens is 6. The molecule has 0 bridgehead atoms. The van der Waals surface area contributed by atoms with E-state index in [1.807, 2.05) is 0 Å². The van der Waals surface area contributed by atoms with E-state index < -0.39 is 0 Å². The average molecular weight is 477 g/mol. The number of nitrogens with zero attached hydrogens (tertiary/aromatic N) is 6. The fourth-order valence-corrected chi connectivity index (χ4v) is 3.28. The van der Waals surface area contributed by atoms with E-state index in [9.17, 15) is 5.21 Å². The largest absolute Gasteiger partial charge is 0.410 e. The van der Waals surface area contributed by atoms with Crippen molar-refractivity contribution in [1.82, 2.24) is 30.3 Å². The van der Waals surface area contributed by atoms with Crippen molar-refractivity contribution in [2.24, 2.45) is 0 Å². The maximum atomic E-state index is 9.18. The zero-order valence-electron chi connectivity index (χ0n) is 12.0. The Morgan fingerprint density at radius 3 is 1.92 bits per heavy atom. The molecule has 14 heteroatoms.